The van der Waals surface area contributed by atoms with Gasteiger partial charge in [-0.25, -0.2) is 0 Å². The fraction of sp³-hybridized carbons (Fsp3) is 0.282. The molecule has 0 fully saturated rings. The van der Waals surface area contributed by atoms with Gasteiger partial charge in [-0.3, -0.25) is 0 Å². The summed E-state index contributed by atoms with van der Waals surface area (Å²) in [6.07, 6.45) is 4.63. The molecule has 0 saturated heterocycles. The summed E-state index contributed by atoms with van der Waals surface area (Å²) in [5.74, 6) is 0. The van der Waals surface area contributed by atoms with Crippen LogP contribution < -0.4 is 57.7 Å². The van der Waals surface area contributed by atoms with Gasteiger partial charge in [-0.15, -0.1) is 27.7 Å². The van der Waals surface area contributed by atoms with Gasteiger partial charge in [0.1, 0.15) is 39.2 Å². The molecule has 0 unspecified atom stereocenters. The third kappa shape index (κ3) is 9.01. The van der Waals surface area contributed by atoms with E-state index in [1.165, 1.54) is 173 Å². The van der Waals surface area contributed by atoms with Gasteiger partial charge < -0.3 is 14.7 Å². The molecule has 0 saturated carbocycles. The predicted octanol–water partition coefficient (Wildman–Crippen LogP) is 11.7. The summed E-state index contributed by atoms with van der Waals surface area (Å²) < 4.78 is 2.78. The average molecular weight is 1160 g/mol. The smallest absolute Gasteiger partial charge is 0.264 e. The van der Waals surface area contributed by atoms with Crippen LogP contribution in [0, 0.1) is 13.8 Å². The molecule has 9 aromatic carbocycles. The molecule has 0 amide bonds. The maximum absolute atomic E-state index is 2.77. The van der Waals surface area contributed by atoms with Gasteiger partial charge in [-0.1, -0.05) is 178 Å². The van der Waals surface area contributed by atoms with E-state index in [-0.39, 0.29) is 33.8 Å². The van der Waals surface area contributed by atoms with E-state index >= 15 is 0 Å². The van der Waals surface area contributed by atoms with Crippen molar-refractivity contribution in [3.8, 4) is 22.3 Å². The highest BCUT2D eigenvalue weighted by Gasteiger charge is 2.48. The van der Waals surface area contributed by atoms with Gasteiger partial charge in [0.25, 0.3) is 6.71 Å². The SMILES string of the molecule is Bc1c(B)c(B)c(-c2ccc3c(c2)N(c2ccc(C(C)(C)C)cc2-c2ccccc2)c2cc(N(c4ccccc4C)c4ccccc4C)cc4c2B3c2sc3cc5c(cc3c2N4c2ccc3c(c2)C(C)(C)CCC3(C)C)C(C)(C)CCC5(C)C)c(B)c1B. The summed E-state index contributed by atoms with van der Waals surface area (Å²) in [4.78, 5) is 8.07. The van der Waals surface area contributed by atoms with E-state index < -0.39 is 0 Å². The number of hydrogen-bond acceptors (Lipinski definition) is 4. The van der Waals surface area contributed by atoms with Crippen LogP contribution in [0.5, 0.6) is 0 Å². The standard InChI is InChI=1S/C78H83B6N3S/c1-44-21-17-19-25-58(44)85(59-26-20-18-22-45(59)2)50-40-62-71-63(41-50)87(60-32-28-48(74(3,4)5)38-51(60)46-23-15-14-16-24-46)61-37-47(65-66(79)68(81)70(83)69(82)67(65)80)27-31-57(61)84(71)73-72(52-42-55-56(43-64(52)88-73)78(12,13)36-35-77(55,10)11)86(62)49-29-30-53-54(39-49)76(8,9)34-33-75(53,6)7/h14-32,37-43H,33-36,79-83H2,1-13H3. The molecule has 2 aliphatic heterocycles. The van der Waals surface area contributed by atoms with Crippen molar-refractivity contribution in [3.05, 3.63) is 197 Å². The first-order chi connectivity index (χ1) is 41.7. The molecular formula is C78H83B6N3S. The lowest BCUT2D eigenvalue weighted by molar-refractivity contribution is 0.332. The number of para-hydroxylation sites is 2. The second-order valence-electron chi connectivity index (χ2n) is 30.5. The number of hydrogen-bond donors (Lipinski definition) is 0. The minimum Gasteiger partial charge on any atom is -0.311 e. The normalized spacial score (nSPS) is 16.6. The van der Waals surface area contributed by atoms with Crippen molar-refractivity contribution >= 4 is 162 Å². The maximum Gasteiger partial charge on any atom is 0.264 e. The Morgan fingerprint density at radius 3 is 1.60 bits per heavy atom. The maximum atomic E-state index is 2.77. The Bertz CT molecular complexity index is 4490. The largest absolute Gasteiger partial charge is 0.311 e. The molecule has 10 aromatic rings. The van der Waals surface area contributed by atoms with E-state index in [1.54, 1.807) is 0 Å². The molecule has 0 atom stereocenters. The Labute approximate surface area is 534 Å². The van der Waals surface area contributed by atoms with E-state index in [0.29, 0.717) is 0 Å². The summed E-state index contributed by atoms with van der Waals surface area (Å²) in [5, 5.41) is 1.36. The second-order valence-corrected chi connectivity index (χ2v) is 31.6. The Kier molecular flexibility index (Phi) is 13.5. The van der Waals surface area contributed by atoms with Crippen molar-refractivity contribution in [2.45, 2.75) is 143 Å². The Morgan fingerprint density at radius 2 is 1.01 bits per heavy atom. The molecule has 1 aromatic heterocycles. The molecule has 0 spiro atoms. The van der Waals surface area contributed by atoms with Crippen LogP contribution in [-0.4, -0.2) is 45.9 Å². The van der Waals surface area contributed by atoms with Crippen molar-refractivity contribution < 1.29 is 0 Å². The Morgan fingerprint density at radius 1 is 0.477 bits per heavy atom. The molecule has 10 heteroatoms. The lowest BCUT2D eigenvalue weighted by Crippen LogP contribution is -2.60. The quantitative estimate of drug-likeness (QED) is 0.147. The van der Waals surface area contributed by atoms with Crippen LogP contribution in [0.2, 0.25) is 0 Å². The lowest BCUT2D eigenvalue weighted by Gasteiger charge is -2.46. The molecule has 2 aliphatic carbocycles. The monoisotopic (exact) mass is 1160 g/mol. The molecule has 0 N–H and O–H groups in total. The number of thiophene rings is 1. The Hall–Kier alpha value is -7.27. The summed E-state index contributed by atoms with van der Waals surface area (Å²) in [5.41, 5.74) is 35.1. The first-order valence-corrected chi connectivity index (χ1v) is 33.4. The van der Waals surface area contributed by atoms with Crippen molar-refractivity contribution in [2.24, 2.45) is 0 Å². The zero-order valence-corrected chi connectivity index (χ0v) is 56.5. The molecular weight excluding hydrogens is 1080 g/mol. The molecule has 3 heterocycles. The molecule has 14 rings (SSSR count). The summed E-state index contributed by atoms with van der Waals surface area (Å²) in [6.45, 7) is 31.4. The van der Waals surface area contributed by atoms with Crippen LogP contribution in [0.3, 0.4) is 0 Å². The fourth-order valence-electron chi connectivity index (χ4n) is 16.1. The molecule has 4 aliphatic rings. The van der Waals surface area contributed by atoms with Crippen molar-refractivity contribution in [2.75, 3.05) is 14.7 Å². The van der Waals surface area contributed by atoms with E-state index in [4.69, 9.17) is 0 Å². The van der Waals surface area contributed by atoms with Gasteiger partial charge in [0.05, 0.1) is 17.1 Å². The van der Waals surface area contributed by atoms with Gasteiger partial charge in [0, 0.05) is 54.6 Å². The fourth-order valence-corrected chi connectivity index (χ4v) is 17.4. The summed E-state index contributed by atoms with van der Waals surface area (Å²) in [7, 11) is 11.7. The molecule has 88 heavy (non-hydrogen) atoms. The minimum atomic E-state index is -0.0860. The van der Waals surface area contributed by atoms with E-state index in [2.05, 4.69) is 313 Å². The van der Waals surface area contributed by atoms with Crippen LogP contribution in [0.1, 0.15) is 141 Å². The van der Waals surface area contributed by atoms with Crippen LogP contribution in [0.25, 0.3) is 32.3 Å². The highest BCUT2D eigenvalue weighted by Crippen LogP contribution is 2.56. The van der Waals surface area contributed by atoms with Crippen LogP contribution in [-0.2, 0) is 27.1 Å². The molecule has 0 bridgehead atoms. The third-order valence-corrected chi connectivity index (χ3v) is 23.4. The number of benzene rings is 9. The van der Waals surface area contributed by atoms with Crippen LogP contribution >= 0.6 is 11.3 Å². The number of rotatable bonds is 7. The highest BCUT2D eigenvalue weighted by atomic mass is 32.1. The van der Waals surface area contributed by atoms with Gasteiger partial charge >= 0.3 is 0 Å². The molecule has 434 valence electrons. The van der Waals surface area contributed by atoms with Crippen molar-refractivity contribution in [3.63, 3.8) is 0 Å². The number of nitrogens with zero attached hydrogens (tertiary/aromatic N) is 3. The van der Waals surface area contributed by atoms with Gasteiger partial charge in [-0.2, -0.15) is 0 Å². The van der Waals surface area contributed by atoms with Gasteiger partial charge in [0.15, 0.2) is 0 Å². The van der Waals surface area contributed by atoms with E-state index in [9.17, 15) is 0 Å². The lowest BCUT2D eigenvalue weighted by atomic mass is 9.36. The highest BCUT2D eigenvalue weighted by molar-refractivity contribution is 7.33. The van der Waals surface area contributed by atoms with E-state index in [1.807, 2.05) is 0 Å². The van der Waals surface area contributed by atoms with Gasteiger partial charge in [-0.05, 0) is 200 Å². The first-order valence-electron chi connectivity index (χ1n) is 32.5. The predicted molar refractivity (Wildman–Crippen MR) is 401 cm³/mol. The number of anilines is 9. The minimum absolute atomic E-state index is 0.00704. The zero-order chi connectivity index (χ0) is 62.1. The van der Waals surface area contributed by atoms with Crippen LogP contribution in [0.15, 0.2) is 158 Å². The van der Waals surface area contributed by atoms with E-state index in [0.717, 1.165) is 18.5 Å². The number of aryl methyl sites for hydroxylation is 2. The van der Waals surface area contributed by atoms with Crippen LogP contribution in [0.4, 0.5) is 51.2 Å². The first kappa shape index (κ1) is 58.4. The zero-order valence-electron chi connectivity index (χ0n) is 55.7. The average Bonchev–Trinajstić information content (AvgIpc) is 1.28. The van der Waals surface area contributed by atoms with Crippen molar-refractivity contribution in [1.29, 1.82) is 0 Å². The topological polar surface area (TPSA) is 9.72 Å². The Balaban J connectivity index is 1.19. The van der Waals surface area contributed by atoms with Crippen molar-refractivity contribution in [1.82, 2.24) is 0 Å². The molecule has 0 radical (unpaired) electrons. The summed E-state index contributed by atoms with van der Waals surface area (Å²) >= 11 is 2.05. The second kappa shape index (κ2) is 20.4. The third-order valence-electron chi connectivity index (χ3n) is 22.2. The number of fused-ring (bicyclic) bond motifs is 8. The molecule has 3 nitrogen and oxygen atoms in total. The summed E-state index contributed by atoms with van der Waals surface area (Å²) in [6, 6.07) is 62.4. The van der Waals surface area contributed by atoms with Gasteiger partial charge in [0.2, 0.25) is 0 Å².